The van der Waals surface area contributed by atoms with Gasteiger partial charge in [0, 0.05) is 12.1 Å². The lowest BCUT2D eigenvalue weighted by Crippen LogP contribution is -2.23. The zero-order chi connectivity index (χ0) is 13.8. The first-order chi connectivity index (χ1) is 9.08. The third-order valence-electron chi connectivity index (χ3n) is 2.15. The number of ether oxygens (including phenoxy) is 1. The monoisotopic (exact) mass is 263 g/mol. The van der Waals surface area contributed by atoms with Crippen molar-refractivity contribution in [2.24, 2.45) is 0 Å². The first-order valence-electron chi connectivity index (χ1n) is 5.17. The summed E-state index contributed by atoms with van der Waals surface area (Å²) in [5, 5.41) is 18.4. The Morgan fingerprint density at radius 2 is 1.53 bits per heavy atom. The van der Waals surface area contributed by atoms with E-state index in [1.807, 2.05) is 0 Å². The van der Waals surface area contributed by atoms with Crippen molar-refractivity contribution in [1.82, 2.24) is 4.73 Å². The lowest BCUT2D eigenvalue weighted by molar-refractivity contribution is 0.0288. The van der Waals surface area contributed by atoms with E-state index in [1.54, 1.807) is 18.2 Å². The summed E-state index contributed by atoms with van der Waals surface area (Å²) in [5.74, 6) is -1.93. The molecule has 2 rings (SSSR count). The van der Waals surface area contributed by atoms with Crippen molar-refractivity contribution < 1.29 is 29.4 Å². The van der Waals surface area contributed by atoms with Gasteiger partial charge in [-0.25, -0.2) is 9.59 Å². The number of esters is 1. The Balaban J connectivity index is 2.01. The minimum absolute atomic E-state index is 0.167. The second-order valence-electron chi connectivity index (χ2n) is 3.44. The molecule has 0 radical (unpaired) electrons. The normalized spacial score (nSPS) is 9.89. The largest absolute Gasteiger partial charge is 0.542 e. The predicted octanol–water partition coefficient (Wildman–Crippen LogP) is 1.30. The Morgan fingerprint density at radius 1 is 0.947 bits per heavy atom. The van der Waals surface area contributed by atoms with Crippen LogP contribution in [0.1, 0.15) is 10.4 Å². The quantitative estimate of drug-likeness (QED) is 0.626. The van der Waals surface area contributed by atoms with Crippen LogP contribution in [0.3, 0.4) is 0 Å². The topological polar surface area (TPSA) is 98.0 Å². The van der Waals surface area contributed by atoms with E-state index < -0.39 is 23.9 Å². The third kappa shape index (κ3) is 2.83. The second kappa shape index (κ2) is 5.13. The molecule has 2 aromatic rings. The molecule has 1 aromatic heterocycles. The molecule has 0 saturated carbocycles. The molecule has 0 atom stereocenters. The second-order valence-corrected chi connectivity index (χ2v) is 3.44. The van der Waals surface area contributed by atoms with Crippen molar-refractivity contribution >= 4 is 12.1 Å². The molecule has 19 heavy (non-hydrogen) atoms. The van der Waals surface area contributed by atoms with Crippen LogP contribution in [0.2, 0.25) is 0 Å². The number of hydrogen-bond acceptors (Lipinski definition) is 6. The molecule has 0 aliphatic heterocycles. The Kier molecular flexibility index (Phi) is 3.37. The third-order valence-corrected chi connectivity index (χ3v) is 2.15. The van der Waals surface area contributed by atoms with Crippen LogP contribution in [-0.2, 0) is 4.74 Å². The minimum atomic E-state index is -1.38. The van der Waals surface area contributed by atoms with Gasteiger partial charge < -0.3 is 14.9 Å². The number of aromatic hydroxyl groups is 2. The number of benzene rings is 1. The van der Waals surface area contributed by atoms with E-state index in [1.165, 1.54) is 12.1 Å². The fraction of sp³-hybridized carbons (Fsp3) is 0. The number of carbonyl (C=O) groups excluding carboxylic acids is 2. The van der Waals surface area contributed by atoms with Crippen molar-refractivity contribution in [3.8, 4) is 11.8 Å². The Labute approximate surface area is 107 Å². The maximum Gasteiger partial charge on any atom is 0.542 e. The van der Waals surface area contributed by atoms with Gasteiger partial charge in [0.25, 0.3) is 0 Å². The Bertz CT molecular complexity index is 584. The number of hydrogen-bond donors (Lipinski definition) is 2. The highest BCUT2D eigenvalue weighted by Gasteiger charge is 2.17. The van der Waals surface area contributed by atoms with E-state index in [2.05, 4.69) is 9.57 Å². The van der Waals surface area contributed by atoms with E-state index in [0.29, 0.717) is 4.73 Å². The van der Waals surface area contributed by atoms with Gasteiger partial charge in [0.1, 0.15) is 0 Å². The minimum Gasteiger partial charge on any atom is -0.492 e. The smallest absolute Gasteiger partial charge is 0.492 e. The van der Waals surface area contributed by atoms with Crippen LogP contribution < -0.4 is 4.84 Å². The van der Waals surface area contributed by atoms with Gasteiger partial charge in [-0.3, -0.25) is 4.84 Å². The van der Waals surface area contributed by atoms with E-state index >= 15 is 0 Å². The summed E-state index contributed by atoms with van der Waals surface area (Å²) in [6, 6.07) is 10.0. The molecule has 0 aliphatic rings. The zero-order valence-electron chi connectivity index (χ0n) is 9.52. The molecule has 2 N–H and O–H groups in total. The molecule has 1 heterocycles. The Hall–Kier alpha value is -2.96. The molecule has 0 bridgehead atoms. The van der Waals surface area contributed by atoms with Crippen LogP contribution in [0.25, 0.3) is 0 Å². The van der Waals surface area contributed by atoms with Crippen LogP contribution in [0, 0.1) is 0 Å². The number of rotatable bonds is 2. The lowest BCUT2D eigenvalue weighted by Gasteiger charge is -2.06. The molecular formula is C12H9NO6. The first kappa shape index (κ1) is 12.5. The average molecular weight is 263 g/mol. The van der Waals surface area contributed by atoms with Crippen LogP contribution in [-0.4, -0.2) is 27.1 Å². The van der Waals surface area contributed by atoms with E-state index in [4.69, 9.17) is 0 Å². The fourth-order valence-corrected chi connectivity index (χ4v) is 1.30. The van der Waals surface area contributed by atoms with Gasteiger partial charge >= 0.3 is 12.1 Å². The van der Waals surface area contributed by atoms with Gasteiger partial charge in [-0.15, -0.1) is 4.73 Å². The van der Waals surface area contributed by atoms with Gasteiger partial charge in [-0.05, 0) is 12.1 Å². The van der Waals surface area contributed by atoms with Gasteiger partial charge in [0.2, 0.25) is 11.8 Å². The van der Waals surface area contributed by atoms with Crippen LogP contribution >= 0.6 is 0 Å². The van der Waals surface area contributed by atoms with Crippen molar-refractivity contribution in [1.29, 1.82) is 0 Å². The SMILES string of the molecule is O=C(OC(=O)c1ccccc1)On1c(O)ccc1O. The zero-order valence-corrected chi connectivity index (χ0v) is 9.52. The molecule has 98 valence electrons. The van der Waals surface area contributed by atoms with Crippen LogP contribution in [0.4, 0.5) is 4.79 Å². The summed E-state index contributed by atoms with van der Waals surface area (Å²) in [5.41, 5.74) is 0.167. The van der Waals surface area contributed by atoms with Crippen molar-refractivity contribution in [2.45, 2.75) is 0 Å². The van der Waals surface area contributed by atoms with Gasteiger partial charge in [-0.2, -0.15) is 0 Å². The van der Waals surface area contributed by atoms with Crippen molar-refractivity contribution in [3.05, 3.63) is 48.0 Å². The maximum atomic E-state index is 11.5. The summed E-state index contributed by atoms with van der Waals surface area (Å²) >= 11 is 0. The lowest BCUT2D eigenvalue weighted by atomic mass is 10.2. The summed E-state index contributed by atoms with van der Waals surface area (Å²) in [6.07, 6.45) is -1.38. The Morgan fingerprint density at radius 3 is 2.11 bits per heavy atom. The molecule has 0 unspecified atom stereocenters. The molecule has 0 saturated heterocycles. The molecular weight excluding hydrogens is 254 g/mol. The highest BCUT2D eigenvalue weighted by atomic mass is 16.8. The molecule has 0 spiro atoms. The number of carbonyl (C=O) groups is 2. The summed E-state index contributed by atoms with van der Waals surface area (Å²) in [7, 11) is 0. The van der Waals surface area contributed by atoms with Gasteiger partial charge in [0.05, 0.1) is 5.56 Å². The van der Waals surface area contributed by atoms with E-state index in [9.17, 15) is 19.8 Å². The van der Waals surface area contributed by atoms with Crippen molar-refractivity contribution in [2.75, 3.05) is 0 Å². The molecule has 0 aliphatic carbocycles. The molecule has 0 fully saturated rings. The maximum absolute atomic E-state index is 11.5. The molecule has 7 heteroatoms. The highest BCUT2D eigenvalue weighted by molar-refractivity contribution is 5.95. The van der Waals surface area contributed by atoms with E-state index in [-0.39, 0.29) is 5.56 Å². The predicted molar refractivity (Wildman–Crippen MR) is 61.6 cm³/mol. The highest BCUT2D eigenvalue weighted by Crippen LogP contribution is 2.18. The standard InChI is InChI=1S/C12H9NO6/c14-9-6-7-10(15)13(9)19-12(17)18-11(16)8-4-2-1-3-5-8/h1-7,14-15H. The average Bonchev–Trinajstić information content (AvgIpc) is 2.71. The molecule has 0 amide bonds. The van der Waals surface area contributed by atoms with Gasteiger partial charge in [0.15, 0.2) is 0 Å². The number of aromatic nitrogens is 1. The van der Waals surface area contributed by atoms with Crippen LogP contribution in [0.15, 0.2) is 42.5 Å². The first-order valence-corrected chi connectivity index (χ1v) is 5.17. The number of nitrogens with zero attached hydrogens (tertiary/aromatic N) is 1. The summed E-state index contributed by atoms with van der Waals surface area (Å²) in [4.78, 5) is 27.2. The van der Waals surface area contributed by atoms with Gasteiger partial charge in [-0.1, -0.05) is 18.2 Å². The van der Waals surface area contributed by atoms with Crippen LogP contribution in [0.5, 0.6) is 11.8 Å². The molecule has 1 aromatic carbocycles. The van der Waals surface area contributed by atoms with E-state index in [0.717, 1.165) is 12.1 Å². The summed E-state index contributed by atoms with van der Waals surface area (Å²) in [6.45, 7) is 0. The van der Waals surface area contributed by atoms with Crippen molar-refractivity contribution in [3.63, 3.8) is 0 Å². The fourth-order valence-electron chi connectivity index (χ4n) is 1.30. The summed E-state index contributed by atoms with van der Waals surface area (Å²) < 4.78 is 4.79. The molecule has 7 nitrogen and oxygen atoms in total.